The van der Waals surface area contributed by atoms with E-state index in [1.807, 2.05) is 6.92 Å². The zero-order chi connectivity index (χ0) is 23.1. The van der Waals surface area contributed by atoms with E-state index in [0.29, 0.717) is 17.3 Å². The Morgan fingerprint density at radius 2 is 1.78 bits per heavy atom. The van der Waals surface area contributed by atoms with E-state index in [1.165, 1.54) is 0 Å². The van der Waals surface area contributed by atoms with Gasteiger partial charge in [0.2, 0.25) is 5.91 Å². The monoisotopic (exact) mass is 478 g/mol. The van der Waals surface area contributed by atoms with Crippen molar-refractivity contribution in [1.29, 1.82) is 0 Å². The van der Waals surface area contributed by atoms with Crippen LogP contribution in [0.2, 0.25) is 5.02 Å². The van der Waals surface area contributed by atoms with Gasteiger partial charge in [-0.3, -0.25) is 9.10 Å². The highest BCUT2D eigenvalue weighted by Crippen LogP contribution is 2.26. The topological polar surface area (TPSA) is 73.0 Å². The van der Waals surface area contributed by atoms with E-state index in [4.69, 9.17) is 11.6 Å². The molecule has 174 valence electrons. The van der Waals surface area contributed by atoms with Crippen LogP contribution in [0, 0.1) is 6.92 Å². The molecule has 1 heterocycles. The van der Waals surface area contributed by atoms with Gasteiger partial charge in [-0.15, -0.1) is 0 Å². The Hall–Kier alpha value is -2.13. The van der Waals surface area contributed by atoms with Crippen molar-refractivity contribution in [3.05, 3.63) is 59.1 Å². The number of nitrogens with one attached hydrogen (secondary N) is 1. The molecule has 0 unspecified atom stereocenters. The van der Waals surface area contributed by atoms with Crippen LogP contribution in [0.15, 0.2) is 53.4 Å². The van der Waals surface area contributed by atoms with Gasteiger partial charge in [-0.2, -0.15) is 0 Å². The van der Waals surface area contributed by atoms with Crippen molar-refractivity contribution in [3.8, 4) is 0 Å². The third-order valence-electron chi connectivity index (χ3n) is 5.56. The Kier molecular flexibility index (Phi) is 8.53. The third-order valence-corrected chi connectivity index (χ3v) is 7.58. The predicted octanol–water partition coefficient (Wildman–Crippen LogP) is 2.60. The molecule has 7 nitrogen and oxygen atoms in total. The maximum atomic E-state index is 13.3. The zero-order valence-corrected chi connectivity index (χ0v) is 20.2. The van der Waals surface area contributed by atoms with Crippen LogP contribution >= 0.6 is 11.6 Å². The zero-order valence-electron chi connectivity index (χ0n) is 18.6. The highest BCUT2D eigenvalue weighted by Gasteiger charge is 2.27. The summed E-state index contributed by atoms with van der Waals surface area (Å²) in [5.74, 6) is -0.348. The lowest BCUT2D eigenvalue weighted by Crippen LogP contribution is -2.45. The van der Waals surface area contributed by atoms with Crippen molar-refractivity contribution < 1.29 is 13.2 Å². The average Bonchev–Trinajstić information content (AvgIpc) is 2.76. The smallest absolute Gasteiger partial charge is 0.264 e. The Morgan fingerprint density at radius 1 is 1.09 bits per heavy atom. The molecule has 2 aromatic carbocycles. The molecule has 32 heavy (non-hydrogen) atoms. The van der Waals surface area contributed by atoms with Gasteiger partial charge < -0.3 is 15.1 Å². The normalized spacial score (nSPS) is 15.5. The molecule has 0 saturated carbocycles. The van der Waals surface area contributed by atoms with Gasteiger partial charge in [0.25, 0.3) is 10.0 Å². The summed E-state index contributed by atoms with van der Waals surface area (Å²) in [7, 11) is -1.82. The first-order valence-electron chi connectivity index (χ1n) is 10.8. The Morgan fingerprint density at radius 3 is 2.44 bits per heavy atom. The number of hydrogen-bond acceptors (Lipinski definition) is 5. The van der Waals surface area contributed by atoms with Gasteiger partial charge in [-0.25, -0.2) is 8.42 Å². The average molecular weight is 479 g/mol. The number of halogens is 1. The summed E-state index contributed by atoms with van der Waals surface area (Å²) in [6.07, 6.45) is 0.817. The molecule has 0 spiro atoms. The van der Waals surface area contributed by atoms with Gasteiger partial charge >= 0.3 is 0 Å². The van der Waals surface area contributed by atoms with E-state index in [0.717, 1.165) is 49.0 Å². The number of piperazine rings is 1. The lowest BCUT2D eigenvalue weighted by Gasteiger charge is -2.32. The van der Waals surface area contributed by atoms with Crippen molar-refractivity contribution in [2.75, 3.05) is 57.2 Å². The molecule has 0 atom stereocenters. The summed E-state index contributed by atoms with van der Waals surface area (Å²) in [5, 5.41) is 3.27. The number of carbonyl (C=O) groups excluding carboxylic acids is 1. The number of amides is 1. The highest BCUT2D eigenvalue weighted by molar-refractivity contribution is 7.92. The highest BCUT2D eigenvalue weighted by atomic mass is 35.5. The number of aryl methyl sites for hydroxylation is 1. The first-order valence-corrected chi connectivity index (χ1v) is 12.6. The van der Waals surface area contributed by atoms with Crippen molar-refractivity contribution in [3.63, 3.8) is 0 Å². The lowest BCUT2D eigenvalue weighted by atomic mass is 10.2. The van der Waals surface area contributed by atoms with E-state index in [2.05, 4.69) is 22.2 Å². The van der Waals surface area contributed by atoms with Crippen molar-refractivity contribution in [2.24, 2.45) is 0 Å². The SMILES string of the molecule is Cc1ccc(S(=O)(=O)N(CC(=O)NCCCN2CCN(C)CC2)c2cccc(Cl)c2)cc1. The number of rotatable bonds is 9. The Bertz CT molecular complexity index is 1010. The molecule has 1 aliphatic heterocycles. The second-order valence-electron chi connectivity index (χ2n) is 8.15. The number of likely N-dealkylation sites (N-methyl/N-ethyl adjacent to an activating group) is 1. The fourth-order valence-corrected chi connectivity index (χ4v) is 5.17. The Labute approximate surface area is 196 Å². The van der Waals surface area contributed by atoms with Gasteiger partial charge in [0, 0.05) is 37.7 Å². The second kappa shape index (κ2) is 11.1. The maximum absolute atomic E-state index is 13.3. The van der Waals surface area contributed by atoms with Gasteiger partial charge in [0.05, 0.1) is 10.6 Å². The first-order chi connectivity index (χ1) is 15.3. The van der Waals surface area contributed by atoms with Gasteiger partial charge in [-0.1, -0.05) is 35.4 Å². The number of hydrogen-bond donors (Lipinski definition) is 1. The molecule has 1 amide bonds. The molecule has 0 aromatic heterocycles. The number of nitrogens with zero attached hydrogens (tertiary/aromatic N) is 3. The van der Waals surface area contributed by atoms with Crippen LogP contribution in [0.5, 0.6) is 0 Å². The molecule has 1 saturated heterocycles. The van der Waals surface area contributed by atoms with Crippen LogP contribution in [0.25, 0.3) is 0 Å². The van der Waals surface area contributed by atoms with Crippen LogP contribution in [-0.2, 0) is 14.8 Å². The minimum Gasteiger partial charge on any atom is -0.354 e. The van der Waals surface area contributed by atoms with Gasteiger partial charge in [0.15, 0.2) is 0 Å². The standard InChI is InChI=1S/C23H31ClN4O3S/c1-19-7-9-22(10-8-19)32(30,31)28(21-6-3-5-20(24)17-21)18-23(29)25-11-4-12-27-15-13-26(2)14-16-27/h3,5-10,17H,4,11-16,18H2,1-2H3,(H,25,29). The minimum atomic E-state index is -3.93. The molecule has 1 aliphatic rings. The molecular weight excluding hydrogens is 448 g/mol. The summed E-state index contributed by atoms with van der Waals surface area (Å²) in [4.78, 5) is 17.5. The summed E-state index contributed by atoms with van der Waals surface area (Å²) in [6, 6.07) is 13.1. The number of benzene rings is 2. The van der Waals surface area contributed by atoms with Gasteiger partial charge in [-0.05, 0) is 57.3 Å². The molecular formula is C23H31ClN4O3S. The van der Waals surface area contributed by atoms with Crippen LogP contribution in [0.1, 0.15) is 12.0 Å². The van der Waals surface area contributed by atoms with Crippen LogP contribution in [0.3, 0.4) is 0 Å². The fraction of sp³-hybridized carbons (Fsp3) is 0.435. The molecule has 1 fully saturated rings. The van der Waals surface area contributed by atoms with Crippen LogP contribution in [-0.4, -0.2) is 77.0 Å². The summed E-state index contributed by atoms with van der Waals surface area (Å²) >= 11 is 6.10. The summed E-state index contributed by atoms with van der Waals surface area (Å²) in [6.45, 7) is 7.15. The second-order valence-corrected chi connectivity index (χ2v) is 10.5. The van der Waals surface area contributed by atoms with Gasteiger partial charge in [0.1, 0.15) is 6.54 Å². The van der Waals surface area contributed by atoms with E-state index < -0.39 is 10.0 Å². The minimum absolute atomic E-state index is 0.131. The van der Waals surface area contributed by atoms with E-state index in [-0.39, 0.29) is 17.3 Å². The number of sulfonamides is 1. The molecule has 0 bridgehead atoms. The summed E-state index contributed by atoms with van der Waals surface area (Å²) in [5.41, 5.74) is 1.31. The molecule has 1 N–H and O–H groups in total. The fourth-order valence-electron chi connectivity index (χ4n) is 3.57. The summed E-state index contributed by atoms with van der Waals surface area (Å²) < 4.78 is 27.8. The predicted molar refractivity (Wildman–Crippen MR) is 129 cm³/mol. The van der Waals surface area contributed by atoms with E-state index >= 15 is 0 Å². The van der Waals surface area contributed by atoms with Crippen LogP contribution < -0.4 is 9.62 Å². The third kappa shape index (κ3) is 6.68. The largest absolute Gasteiger partial charge is 0.354 e. The number of anilines is 1. The molecule has 0 aliphatic carbocycles. The molecule has 0 radical (unpaired) electrons. The van der Waals surface area contributed by atoms with E-state index in [9.17, 15) is 13.2 Å². The molecule has 3 rings (SSSR count). The molecule has 2 aromatic rings. The lowest BCUT2D eigenvalue weighted by molar-refractivity contribution is -0.119. The maximum Gasteiger partial charge on any atom is 0.264 e. The van der Waals surface area contributed by atoms with Crippen LogP contribution in [0.4, 0.5) is 5.69 Å². The first kappa shape index (κ1) is 24.5. The van der Waals surface area contributed by atoms with Crippen molar-refractivity contribution >= 4 is 33.2 Å². The van der Waals surface area contributed by atoms with E-state index in [1.54, 1.807) is 48.5 Å². The number of carbonyl (C=O) groups is 1. The van der Waals surface area contributed by atoms with Crippen molar-refractivity contribution in [1.82, 2.24) is 15.1 Å². The Balaban J connectivity index is 1.65. The quantitative estimate of drug-likeness (QED) is 0.561. The van der Waals surface area contributed by atoms with Crippen molar-refractivity contribution in [2.45, 2.75) is 18.2 Å². The molecule has 9 heteroatoms.